The Balaban J connectivity index is 1.88. The Bertz CT molecular complexity index is 901. The average molecular weight is 375 g/mol. The van der Waals surface area contributed by atoms with E-state index in [0.717, 1.165) is 22.6 Å². The van der Waals surface area contributed by atoms with E-state index >= 15 is 0 Å². The molecule has 0 aliphatic heterocycles. The van der Waals surface area contributed by atoms with Crippen molar-refractivity contribution in [2.75, 3.05) is 0 Å². The highest BCUT2D eigenvalue weighted by Crippen LogP contribution is 2.37. The number of imidazole rings is 1. The van der Waals surface area contributed by atoms with Crippen LogP contribution in [0.3, 0.4) is 0 Å². The van der Waals surface area contributed by atoms with Gasteiger partial charge in [-0.05, 0) is 42.4 Å². The molecular weight excluding hydrogens is 352 g/mol. The third kappa shape index (κ3) is 3.76. The molecule has 5 nitrogen and oxygen atoms in total. The van der Waals surface area contributed by atoms with Gasteiger partial charge in [-0.2, -0.15) is 5.10 Å². The second-order valence-corrected chi connectivity index (χ2v) is 12.9. The van der Waals surface area contributed by atoms with Crippen LogP contribution in [0, 0.1) is 0 Å². The Morgan fingerprint density at radius 2 is 1.92 bits per heavy atom. The third-order valence-electron chi connectivity index (χ3n) is 4.83. The molecule has 3 rings (SSSR count). The Hall–Kier alpha value is -1.76. The number of pyridine rings is 1. The number of halogens is 1. The van der Waals surface area contributed by atoms with Crippen LogP contribution in [0.2, 0.25) is 23.3 Å². The van der Waals surface area contributed by atoms with Crippen molar-refractivity contribution in [3.63, 3.8) is 0 Å². The van der Waals surface area contributed by atoms with E-state index in [2.05, 4.69) is 48.9 Å². The molecule has 0 aromatic carbocycles. The summed E-state index contributed by atoms with van der Waals surface area (Å²) in [6.45, 7) is 11.7. The molecule has 0 amide bonds. The van der Waals surface area contributed by atoms with E-state index in [0.29, 0.717) is 11.8 Å². The van der Waals surface area contributed by atoms with E-state index in [9.17, 15) is 0 Å². The van der Waals surface area contributed by atoms with Crippen LogP contribution in [0.4, 0.5) is 0 Å². The zero-order chi connectivity index (χ0) is 18.2. The summed E-state index contributed by atoms with van der Waals surface area (Å²) in [4.78, 5) is 8.83. The molecule has 0 spiro atoms. The van der Waals surface area contributed by atoms with Gasteiger partial charge in [0.05, 0.1) is 24.2 Å². The topological polar surface area (TPSA) is 52.3 Å². The van der Waals surface area contributed by atoms with Crippen molar-refractivity contribution < 1.29 is 4.43 Å². The highest BCUT2D eigenvalue weighted by Gasteiger charge is 2.37. The molecular formula is C18H23ClN4OSi. The smallest absolute Gasteiger partial charge is 0.192 e. The minimum atomic E-state index is -1.81. The quantitative estimate of drug-likeness (QED) is 0.605. The van der Waals surface area contributed by atoms with Crippen LogP contribution >= 0.6 is 11.6 Å². The molecule has 7 heteroatoms. The van der Waals surface area contributed by atoms with Gasteiger partial charge in [0.25, 0.3) is 0 Å². The van der Waals surface area contributed by atoms with Gasteiger partial charge in [0.1, 0.15) is 5.15 Å². The van der Waals surface area contributed by atoms with Crippen LogP contribution in [0.15, 0.2) is 36.7 Å². The first-order chi connectivity index (χ1) is 11.7. The second kappa shape index (κ2) is 6.51. The van der Waals surface area contributed by atoms with Gasteiger partial charge in [-0.15, -0.1) is 0 Å². The zero-order valence-corrected chi connectivity index (χ0v) is 17.0. The molecule has 0 aliphatic rings. The molecule has 0 aliphatic carbocycles. The number of rotatable bonds is 4. The van der Waals surface area contributed by atoms with Crippen molar-refractivity contribution in [1.29, 1.82) is 0 Å². The van der Waals surface area contributed by atoms with Crippen LogP contribution < -0.4 is 0 Å². The maximum Gasteiger partial charge on any atom is 0.192 e. The summed E-state index contributed by atoms with van der Waals surface area (Å²) in [6, 6.07) is 7.56. The van der Waals surface area contributed by atoms with Crippen molar-refractivity contribution in [2.24, 2.45) is 0 Å². The first kappa shape index (κ1) is 18.0. The molecule has 0 bridgehead atoms. The van der Waals surface area contributed by atoms with Crippen LogP contribution in [0.1, 0.15) is 26.5 Å². The van der Waals surface area contributed by atoms with Gasteiger partial charge in [0.15, 0.2) is 14.0 Å². The normalized spacial score (nSPS) is 12.7. The van der Waals surface area contributed by atoms with E-state index in [-0.39, 0.29) is 5.04 Å². The summed E-state index contributed by atoms with van der Waals surface area (Å²) in [5.74, 6) is 0. The maximum atomic E-state index is 6.28. The van der Waals surface area contributed by atoms with Crippen molar-refractivity contribution in [3.8, 4) is 11.3 Å². The van der Waals surface area contributed by atoms with Gasteiger partial charge in [-0.1, -0.05) is 32.4 Å². The lowest BCUT2D eigenvalue weighted by molar-refractivity contribution is 0.272. The fraction of sp³-hybridized carbons (Fsp3) is 0.389. The molecule has 0 fully saturated rings. The van der Waals surface area contributed by atoms with Crippen molar-refractivity contribution in [3.05, 3.63) is 47.5 Å². The molecule has 0 atom stereocenters. The number of aromatic nitrogens is 4. The van der Waals surface area contributed by atoms with Gasteiger partial charge in [-0.25, -0.2) is 9.50 Å². The largest absolute Gasteiger partial charge is 0.411 e. The number of fused-ring (bicyclic) bond motifs is 1. The molecule has 3 heterocycles. The van der Waals surface area contributed by atoms with E-state index in [1.807, 2.05) is 18.2 Å². The Morgan fingerprint density at radius 3 is 2.64 bits per heavy atom. The molecule has 3 aromatic rings. The standard InChI is InChI=1S/C18H23ClN4OSi/c1-18(2,3)25(4,5)24-12-14-10-13(8-9-20-14)15-11-21-17-7-6-16(19)22-23(15)17/h6-11H,12H2,1-5H3. The molecule has 0 saturated heterocycles. The van der Waals surface area contributed by atoms with Crippen molar-refractivity contribution in [1.82, 2.24) is 19.6 Å². The van der Waals surface area contributed by atoms with Gasteiger partial charge in [-0.3, -0.25) is 4.98 Å². The predicted molar refractivity (Wildman–Crippen MR) is 103 cm³/mol. The fourth-order valence-corrected chi connectivity index (χ4v) is 3.32. The molecule has 0 unspecified atom stereocenters. The van der Waals surface area contributed by atoms with Crippen molar-refractivity contribution >= 4 is 25.6 Å². The van der Waals surface area contributed by atoms with Crippen LogP contribution in [-0.2, 0) is 11.0 Å². The molecule has 0 saturated carbocycles. The third-order valence-corrected chi connectivity index (χ3v) is 9.51. The molecule has 0 N–H and O–H groups in total. The van der Waals surface area contributed by atoms with E-state index in [1.54, 1.807) is 23.0 Å². The maximum absolute atomic E-state index is 6.28. The Kier molecular flexibility index (Phi) is 4.70. The monoisotopic (exact) mass is 374 g/mol. The number of hydrogen-bond donors (Lipinski definition) is 0. The molecule has 25 heavy (non-hydrogen) atoms. The first-order valence-corrected chi connectivity index (χ1v) is 11.6. The Labute approximate surface area is 154 Å². The zero-order valence-electron chi connectivity index (χ0n) is 15.2. The summed E-state index contributed by atoms with van der Waals surface area (Å²) in [6.07, 6.45) is 3.59. The average Bonchev–Trinajstić information content (AvgIpc) is 2.95. The van der Waals surface area contributed by atoms with Crippen LogP contribution in [-0.4, -0.2) is 27.9 Å². The lowest BCUT2D eigenvalue weighted by atomic mass is 10.2. The van der Waals surface area contributed by atoms with Gasteiger partial charge in [0, 0.05) is 11.8 Å². The second-order valence-electron chi connectivity index (χ2n) is 7.65. The fourth-order valence-electron chi connectivity index (χ4n) is 2.24. The highest BCUT2D eigenvalue weighted by atomic mass is 35.5. The van der Waals surface area contributed by atoms with Gasteiger partial charge in [0.2, 0.25) is 0 Å². The predicted octanol–water partition coefficient (Wildman–Crippen LogP) is 4.97. The van der Waals surface area contributed by atoms with Crippen molar-refractivity contribution in [2.45, 2.75) is 45.5 Å². The molecule has 132 valence electrons. The SMILES string of the molecule is CC(C)(C)[Si](C)(C)OCc1cc(-c2cnc3ccc(Cl)nn23)ccn1. The molecule has 3 aromatic heterocycles. The lowest BCUT2D eigenvalue weighted by Crippen LogP contribution is -2.40. The summed E-state index contributed by atoms with van der Waals surface area (Å²) < 4.78 is 8.02. The first-order valence-electron chi connectivity index (χ1n) is 8.27. The minimum absolute atomic E-state index is 0.174. The number of nitrogens with zero attached hydrogens (tertiary/aromatic N) is 4. The lowest BCUT2D eigenvalue weighted by Gasteiger charge is -2.36. The van der Waals surface area contributed by atoms with Gasteiger partial charge < -0.3 is 4.43 Å². The Morgan fingerprint density at radius 1 is 1.16 bits per heavy atom. The van der Waals surface area contributed by atoms with Gasteiger partial charge >= 0.3 is 0 Å². The summed E-state index contributed by atoms with van der Waals surface area (Å²) >= 11 is 6.02. The molecule has 0 radical (unpaired) electrons. The van der Waals surface area contributed by atoms with E-state index < -0.39 is 8.32 Å². The number of hydrogen-bond acceptors (Lipinski definition) is 4. The minimum Gasteiger partial charge on any atom is -0.411 e. The van der Waals surface area contributed by atoms with Crippen LogP contribution in [0.25, 0.3) is 16.9 Å². The summed E-state index contributed by atoms with van der Waals surface area (Å²) in [5.41, 5.74) is 3.54. The van der Waals surface area contributed by atoms with E-state index in [1.165, 1.54) is 0 Å². The van der Waals surface area contributed by atoms with Crippen LogP contribution in [0.5, 0.6) is 0 Å². The summed E-state index contributed by atoms with van der Waals surface area (Å²) in [7, 11) is -1.81. The van der Waals surface area contributed by atoms with E-state index in [4.69, 9.17) is 16.0 Å². The summed E-state index contributed by atoms with van der Waals surface area (Å²) in [5, 5.41) is 4.94. The highest BCUT2D eigenvalue weighted by molar-refractivity contribution is 6.74.